The first-order valence-corrected chi connectivity index (χ1v) is 7.75. The van der Waals surface area contributed by atoms with Crippen LogP contribution in [-0.2, 0) is 4.74 Å². The molecule has 1 saturated heterocycles. The number of nitrogens with one attached hydrogen (secondary N) is 1. The summed E-state index contributed by atoms with van der Waals surface area (Å²) in [7, 11) is 3.46. The van der Waals surface area contributed by atoms with E-state index in [0.29, 0.717) is 17.2 Å². The van der Waals surface area contributed by atoms with Crippen LogP contribution in [0.1, 0.15) is 10.4 Å². The van der Waals surface area contributed by atoms with Gasteiger partial charge in [-0.25, -0.2) is 4.79 Å². The minimum atomic E-state index is -0.415. The number of carbonyl (C=O) groups excluding carboxylic acids is 1. The number of methoxy groups -OCH3 is 1. The van der Waals surface area contributed by atoms with Gasteiger partial charge in [-0.2, -0.15) is 10.1 Å². The molecule has 24 heavy (non-hydrogen) atoms. The molecule has 8 heteroatoms. The van der Waals surface area contributed by atoms with E-state index in [0.717, 1.165) is 32.0 Å². The van der Waals surface area contributed by atoms with Crippen molar-refractivity contribution in [3.05, 3.63) is 36.0 Å². The van der Waals surface area contributed by atoms with Crippen LogP contribution >= 0.6 is 0 Å². The minimum Gasteiger partial charge on any atom is -0.465 e. The molecular weight excluding hydrogens is 308 g/mol. The van der Waals surface area contributed by atoms with E-state index in [-0.39, 0.29) is 0 Å². The predicted octanol–water partition coefficient (Wildman–Crippen LogP) is 1.15. The highest BCUT2D eigenvalue weighted by atomic mass is 16.5. The van der Waals surface area contributed by atoms with Crippen LogP contribution in [0.3, 0.4) is 0 Å². The summed E-state index contributed by atoms with van der Waals surface area (Å²) in [5.41, 5.74) is 1.01. The van der Waals surface area contributed by atoms with Gasteiger partial charge in [-0.1, -0.05) is 12.1 Å². The molecule has 1 fully saturated rings. The number of aromatic nitrogens is 3. The fraction of sp³-hybridized carbons (Fsp3) is 0.375. The number of nitrogens with zero attached hydrogens (tertiary/aromatic N) is 5. The molecule has 0 radical (unpaired) electrons. The largest absolute Gasteiger partial charge is 0.465 e. The standard InChI is InChI=1S/C16H20N6O2/c1-21-7-9-22(10-8-21)14-11-17-20-16(19-14)18-13-6-4-3-5-12(13)15(23)24-2/h3-6,11H,7-10H2,1-2H3,(H,18,19,20). The lowest BCUT2D eigenvalue weighted by atomic mass is 10.2. The third-order valence-corrected chi connectivity index (χ3v) is 3.95. The van der Waals surface area contributed by atoms with E-state index in [2.05, 4.69) is 37.3 Å². The van der Waals surface area contributed by atoms with Crippen molar-refractivity contribution in [3.63, 3.8) is 0 Å². The normalized spacial score (nSPS) is 15.2. The average Bonchev–Trinajstić information content (AvgIpc) is 2.62. The second-order valence-corrected chi connectivity index (χ2v) is 5.59. The maximum Gasteiger partial charge on any atom is 0.339 e. The second kappa shape index (κ2) is 7.22. The van der Waals surface area contributed by atoms with Crippen LogP contribution in [0.25, 0.3) is 0 Å². The third-order valence-electron chi connectivity index (χ3n) is 3.95. The predicted molar refractivity (Wildman–Crippen MR) is 90.6 cm³/mol. The van der Waals surface area contributed by atoms with Crippen molar-refractivity contribution in [2.75, 3.05) is 50.6 Å². The van der Waals surface area contributed by atoms with Gasteiger partial charge in [0, 0.05) is 26.2 Å². The minimum absolute atomic E-state index is 0.350. The topological polar surface area (TPSA) is 83.5 Å². The van der Waals surface area contributed by atoms with Gasteiger partial charge in [-0.15, -0.1) is 5.10 Å². The maximum absolute atomic E-state index is 11.8. The van der Waals surface area contributed by atoms with E-state index in [1.165, 1.54) is 7.11 Å². The molecule has 0 unspecified atom stereocenters. The van der Waals surface area contributed by atoms with Crippen molar-refractivity contribution in [1.82, 2.24) is 20.1 Å². The Morgan fingerprint density at radius 3 is 2.71 bits per heavy atom. The van der Waals surface area contributed by atoms with Crippen LogP contribution in [-0.4, -0.2) is 66.4 Å². The molecule has 1 aliphatic heterocycles. The van der Waals surface area contributed by atoms with Gasteiger partial charge in [0.2, 0.25) is 5.95 Å². The average molecular weight is 328 g/mol. The van der Waals surface area contributed by atoms with E-state index in [4.69, 9.17) is 4.74 Å². The van der Waals surface area contributed by atoms with E-state index in [1.807, 2.05) is 6.07 Å². The van der Waals surface area contributed by atoms with Gasteiger partial charge in [0.15, 0.2) is 5.82 Å². The molecule has 0 saturated carbocycles. The molecule has 126 valence electrons. The van der Waals surface area contributed by atoms with Crippen molar-refractivity contribution < 1.29 is 9.53 Å². The molecule has 2 aromatic rings. The van der Waals surface area contributed by atoms with Gasteiger partial charge in [0.1, 0.15) is 0 Å². The van der Waals surface area contributed by atoms with E-state index in [1.54, 1.807) is 24.4 Å². The molecule has 0 aliphatic carbocycles. The number of esters is 1. The number of para-hydroxylation sites is 1. The molecule has 0 bridgehead atoms. The van der Waals surface area contributed by atoms with Crippen LogP contribution in [0.2, 0.25) is 0 Å². The lowest BCUT2D eigenvalue weighted by Crippen LogP contribution is -2.44. The van der Waals surface area contributed by atoms with Crippen molar-refractivity contribution in [2.45, 2.75) is 0 Å². The number of rotatable bonds is 4. The van der Waals surface area contributed by atoms with Crippen LogP contribution in [0.5, 0.6) is 0 Å². The van der Waals surface area contributed by atoms with Crippen LogP contribution in [0, 0.1) is 0 Å². The first kappa shape index (κ1) is 16.1. The Morgan fingerprint density at radius 1 is 1.21 bits per heavy atom. The van der Waals surface area contributed by atoms with E-state index < -0.39 is 5.97 Å². The summed E-state index contributed by atoms with van der Waals surface area (Å²) in [6.45, 7) is 3.76. The number of carbonyl (C=O) groups is 1. The number of hydrogen-bond acceptors (Lipinski definition) is 8. The number of ether oxygens (including phenoxy) is 1. The first-order chi connectivity index (χ1) is 11.7. The zero-order chi connectivity index (χ0) is 16.9. The highest BCUT2D eigenvalue weighted by molar-refractivity contribution is 5.96. The molecule has 1 aromatic carbocycles. The fourth-order valence-corrected chi connectivity index (χ4v) is 2.54. The first-order valence-electron chi connectivity index (χ1n) is 7.75. The molecule has 8 nitrogen and oxygen atoms in total. The lowest BCUT2D eigenvalue weighted by Gasteiger charge is -2.32. The highest BCUT2D eigenvalue weighted by Gasteiger charge is 2.17. The molecule has 0 atom stereocenters. The van der Waals surface area contributed by atoms with Gasteiger partial charge < -0.3 is 19.9 Å². The highest BCUT2D eigenvalue weighted by Crippen LogP contribution is 2.20. The van der Waals surface area contributed by atoms with E-state index in [9.17, 15) is 4.79 Å². The molecular formula is C16H20N6O2. The monoisotopic (exact) mass is 328 g/mol. The summed E-state index contributed by atoms with van der Waals surface area (Å²) < 4.78 is 4.80. The Kier molecular flexibility index (Phi) is 4.85. The summed E-state index contributed by atoms with van der Waals surface area (Å²) in [5.74, 6) is 0.709. The molecule has 3 rings (SSSR count). The zero-order valence-electron chi connectivity index (χ0n) is 13.8. The van der Waals surface area contributed by atoms with Gasteiger partial charge in [-0.3, -0.25) is 0 Å². The molecule has 0 spiro atoms. The number of likely N-dealkylation sites (N-methyl/N-ethyl adjacent to an activating group) is 1. The summed E-state index contributed by atoms with van der Waals surface area (Å²) in [6.07, 6.45) is 1.66. The fourth-order valence-electron chi connectivity index (χ4n) is 2.54. The Morgan fingerprint density at radius 2 is 1.96 bits per heavy atom. The molecule has 1 aromatic heterocycles. The van der Waals surface area contributed by atoms with Crippen LogP contribution < -0.4 is 10.2 Å². The SMILES string of the molecule is COC(=O)c1ccccc1Nc1nncc(N2CCN(C)CC2)n1. The smallest absolute Gasteiger partial charge is 0.339 e. The number of benzene rings is 1. The van der Waals surface area contributed by atoms with Gasteiger partial charge in [-0.05, 0) is 19.2 Å². The Labute approximate surface area is 140 Å². The summed E-state index contributed by atoms with van der Waals surface area (Å²) in [4.78, 5) is 20.8. The summed E-state index contributed by atoms with van der Waals surface area (Å²) in [6, 6.07) is 7.06. The van der Waals surface area contributed by atoms with Gasteiger partial charge >= 0.3 is 5.97 Å². The maximum atomic E-state index is 11.8. The van der Waals surface area contributed by atoms with Crippen molar-refractivity contribution in [3.8, 4) is 0 Å². The van der Waals surface area contributed by atoms with Gasteiger partial charge in [0.25, 0.3) is 0 Å². The number of hydrogen-bond donors (Lipinski definition) is 1. The number of anilines is 3. The van der Waals surface area contributed by atoms with Gasteiger partial charge in [0.05, 0.1) is 24.6 Å². The van der Waals surface area contributed by atoms with Crippen molar-refractivity contribution >= 4 is 23.4 Å². The molecule has 2 heterocycles. The molecule has 0 amide bonds. The third kappa shape index (κ3) is 3.60. The zero-order valence-corrected chi connectivity index (χ0v) is 13.8. The second-order valence-electron chi connectivity index (χ2n) is 5.59. The van der Waals surface area contributed by atoms with Crippen molar-refractivity contribution in [1.29, 1.82) is 0 Å². The summed E-state index contributed by atoms with van der Waals surface area (Å²) >= 11 is 0. The quantitative estimate of drug-likeness (QED) is 0.837. The Hall–Kier alpha value is -2.74. The van der Waals surface area contributed by atoms with E-state index >= 15 is 0 Å². The Bertz CT molecular complexity index is 715. The van der Waals surface area contributed by atoms with Crippen LogP contribution in [0.15, 0.2) is 30.5 Å². The summed E-state index contributed by atoms with van der Waals surface area (Å²) in [5, 5.41) is 11.1. The Balaban J connectivity index is 1.79. The van der Waals surface area contributed by atoms with Crippen molar-refractivity contribution in [2.24, 2.45) is 0 Å². The molecule has 1 aliphatic rings. The molecule has 1 N–H and O–H groups in total. The lowest BCUT2D eigenvalue weighted by molar-refractivity contribution is 0.0602. The van der Waals surface area contributed by atoms with Crippen LogP contribution in [0.4, 0.5) is 17.5 Å². The number of piperazine rings is 1.